The van der Waals surface area contributed by atoms with Gasteiger partial charge in [0, 0.05) is 38.3 Å². The van der Waals surface area contributed by atoms with Gasteiger partial charge in [0.2, 0.25) is 15.9 Å². The van der Waals surface area contributed by atoms with Gasteiger partial charge < -0.3 is 4.90 Å². The average Bonchev–Trinajstić information content (AvgIpc) is 2.77. The van der Waals surface area contributed by atoms with Crippen molar-refractivity contribution in [2.75, 3.05) is 26.2 Å². The number of carbonyl (C=O) groups excluding carboxylic acids is 1. The summed E-state index contributed by atoms with van der Waals surface area (Å²) in [5.41, 5.74) is -0.911. The molecule has 1 fully saturated rings. The monoisotopic (exact) mass is 469 g/mol. The summed E-state index contributed by atoms with van der Waals surface area (Å²) in [7, 11) is -4.11. The van der Waals surface area contributed by atoms with Crippen LogP contribution in [-0.2, 0) is 21.0 Å². The van der Waals surface area contributed by atoms with Gasteiger partial charge in [-0.2, -0.15) is 17.5 Å². The summed E-state index contributed by atoms with van der Waals surface area (Å²) in [6.07, 6.45) is -1.87. The van der Waals surface area contributed by atoms with E-state index in [1.807, 2.05) is 0 Å². The number of hydrogen-bond acceptors (Lipinski definition) is 5. The van der Waals surface area contributed by atoms with Crippen LogP contribution in [0.2, 0.25) is 0 Å². The summed E-state index contributed by atoms with van der Waals surface area (Å²) in [6, 6.07) is 9.35. The van der Waals surface area contributed by atoms with Gasteiger partial charge in [-0.3, -0.25) is 14.9 Å². The molecule has 0 saturated carbocycles. The molecule has 12 heteroatoms. The van der Waals surface area contributed by atoms with E-state index < -0.39 is 43.2 Å². The second kappa shape index (κ2) is 9.09. The highest BCUT2D eigenvalue weighted by molar-refractivity contribution is 7.89. The first kappa shape index (κ1) is 23.4. The summed E-state index contributed by atoms with van der Waals surface area (Å²) >= 11 is 0. The summed E-state index contributed by atoms with van der Waals surface area (Å²) in [5, 5.41) is 11.2. The Kier molecular flexibility index (Phi) is 6.65. The van der Waals surface area contributed by atoms with Gasteiger partial charge in [-0.25, -0.2) is 8.42 Å². The summed E-state index contributed by atoms with van der Waals surface area (Å²) in [4.78, 5) is 23.7. The van der Waals surface area contributed by atoms with Gasteiger partial charge >= 0.3 is 6.18 Å². The molecule has 3 rings (SSSR count). The highest BCUT2D eigenvalue weighted by Gasteiger charge is 2.34. The molecule has 0 aromatic heterocycles. The third-order valence-electron chi connectivity index (χ3n) is 4.89. The topological polar surface area (TPSA) is 101 Å². The number of carbonyl (C=O) groups is 1. The van der Waals surface area contributed by atoms with Crippen LogP contribution in [0.4, 0.5) is 18.9 Å². The largest absolute Gasteiger partial charge is 0.416 e. The SMILES string of the molecule is O=C(/C=C/c1ccc(C(F)(F)F)cc1)N1CCN(S(=O)(=O)c2ccccc2[N+](=O)[O-])CC1. The van der Waals surface area contributed by atoms with Crippen LogP contribution in [0.15, 0.2) is 59.5 Å². The molecule has 0 N–H and O–H groups in total. The second-order valence-corrected chi connectivity index (χ2v) is 8.81. The van der Waals surface area contributed by atoms with Gasteiger partial charge in [0.25, 0.3) is 5.69 Å². The number of sulfonamides is 1. The molecule has 1 aliphatic heterocycles. The second-order valence-electron chi connectivity index (χ2n) is 6.91. The van der Waals surface area contributed by atoms with Gasteiger partial charge in [0.15, 0.2) is 4.90 Å². The number of nitrogens with zero attached hydrogens (tertiary/aromatic N) is 3. The van der Waals surface area contributed by atoms with Crippen molar-refractivity contribution in [2.24, 2.45) is 0 Å². The van der Waals surface area contributed by atoms with Crippen molar-refractivity contribution in [3.05, 3.63) is 75.8 Å². The zero-order valence-corrected chi connectivity index (χ0v) is 17.3. The number of nitro groups is 1. The highest BCUT2D eigenvalue weighted by atomic mass is 32.2. The third-order valence-corrected chi connectivity index (χ3v) is 6.83. The molecule has 2 aromatic rings. The van der Waals surface area contributed by atoms with Crippen molar-refractivity contribution < 1.29 is 31.3 Å². The lowest BCUT2D eigenvalue weighted by Crippen LogP contribution is -2.50. The Morgan fingerprint density at radius 3 is 2.16 bits per heavy atom. The molecule has 8 nitrogen and oxygen atoms in total. The molecule has 0 radical (unpaired) electrons. The highest BCUT2D eigenvalue weighted by Crippen LogP contribution is 2.29. The van der Waals surface area contributed by atoms with Gasteiger partial charge in [-0.1, -0.05) is 24.3 Å². The van der Waals surface area contributed by atoms with Gasteiger partial charge in [0.1, 0.15) is 0 Å². The predicted octanol–water partition coefficient (Wildman–Crippen LogP) is 3.16. The van der Waals surface area contributed by atoms with Crippen LogP contribution >= 0.6 is 0 Å². The van der Waals surface area contributed by atoms with E-state index in [9.17, 15) is 36.5 Å². The van der Waals surface area contributed by atoms with E-state index in [2.05, 4.69) is 0 Å². The number of rotatable bonds is 5. The van der Waals surface area contributed by atoms with Crippen molar-refractivity contribution in [1.29, 1.82) is 0 Å². The molecule has 0 unspecified atom stereocenters. The first-order valence-electron chi connectivity index (χ1n) is 9.38. The van der Waals surface area contributed by atoms with Crippen LogP contribution in [0.25, 0.3) is 6.08 Å². The smallest absolute Gasteiger partial charge is 0.337 e. The Morgan fingerprint density at radius 2 is 1.59 bits per heavy atom. The molecule has 0 aliphatic carbocycles. The fourth-order valence-corrected chi connectivity index (χ4v) is 4.75. The molecule has 32 heavy (non-hydrogen) atoms. The average molecular weight is 469 g/mol. The number of hydrogen-bond donors (Lipinski definition) is 0. The van der Waals surface area contributed by atoms with E-state index in [0.717, 1.165) is 28.6 Å². The first-order valence-corrected chi connectivity index (χ1v) is 10.8. The standard InChI is InChI=1S/C20H18F3N3O5S/c21-20(22,23)16-8-5-15(6-9-16)7-10-19(27)24-11-13-25(14-12-24)32(30,31)18-4-2-1-3-17(18)26(28)29/h1-10H,11-14H2/b10-7+. The minimum atomic E-state index is -4.45. The van der Waals surface area contributed by atoms with Crippen LogP contribution in [0.3, 0.4) is 0 Å². The lowest BCUT2D eigenvalue weighted by Gasteiger charge is -2.33. The molecule has 1 heterocycles. The maximum atomic E-state index is 12.8. The number of nitro benzene ring substituents is 1. The summed E-state index contributed by atoms with van der Waals surface area (Å²) in [6.45, 7) is 0.0363. The van der Waals surface area contributed by atoms with Crippen molar-refractivity contribution in [2.45, 2.75) is 11.1 Å². The fraction of sp³-hybridized carbons (Fsp3) is 0.250. The molecule has 170 valence electrons. The number of benzene rings is 2. The quantitative estimate of drug-likeness (QED) is 0.380. The lowest BCUT2D eigenvalue weighted by molar-refractivity contribution is -0.387. The van der Waals surface area contributed by atoms with E-state index in [-0.39, 0.29) is 26.2 Å². The van der Waals surface area contributed by atoms with E-state index in [4.69, 9.17) is 0 Å². The molecule has 0 bridgehead atoms. The molecular weight excluding hydrogens is 451 g/mol. The number of amides is 1. The molecule has 0 atom stereocenters. The maximum absolute atomic E-state index is 12.8. The minimum Gasteiger partial charge on any atom is -0.337 e. The summed E-state index contributed by atoms with van der Waals surface area (Å²) in [5.74, 6) is -0.423. The zero-order chi connectivity index (χ0) is 23.5. The van der Waals surface area contributed by atoms with E-state index >= 15 is 0 Å². The van der Waals surface area contributed by atoms with E-state index in [1.165, 1.54) is 41.3 Å². The zero-order valence-electron chi connectivity index (χ0n) is 16.5. The molecule has 2 aromatic carbocycles. The summed E-state index contributed by atoms with van der Waals surface area (Å²) < 4.78 is 64.5. The normalized spacial score (nSPS) is 15.8. The molecule has 1 amide bonds. The van der Waals surface area contributed by atoms with Crippen LogP contribution < -0.4 is 0 Å². The number of halogens is 3. The van der Waals surface area contributed by atoms with Crippen LogP contribution in [0.1, 0.15) is 11.1 Å². The maximum Gasteiger partial charge on any atom is 0.416 e. The third kappa shape index (κ3) is 5.14. The van der Waals surface area contributed by atoms with Crippen molar-refractivity contribution >= 4 is 27.7 Å². The Hall–Kier alpha value is -3.25. The van der Waals surface area contributed by atoms with Crippen LogP contribution in [-0.4, -0.2) is 54.6 Å². The molecule has 0 spiro atoms. The predicted molar refractivity (Wildman–Crippen MR) is 109 cm³/mol. The lowest BCUT2D eigenvalue weighted by atomic mass is 10.1. The molecular formula is C20H18F3N3O5S. The van der Waals surface area contributed by atoms with Gasteiger partial charge in [0.05, 0.1) is 10.5 Å². The Labute approximate surface area is 181 Å². The van der Waals surface area contributed by atoms with Crippen LogP contribution in [0, 0.1) is 10.1 Å². The Balaban J connectivity index is 1.63. The first-order chi connectivity index (χ1) is 15.0. The van der Waals surface area contributed by atoms with Crippen LogP contribution in [0.5, 0.6) is 0 Å². The number of alkyl halides is 3. The fourth-order valence-electron chi connectivity index (χ4n) is 3.17. The van der Waals surface area contributed by atoms with E-state index in [1.54, 1.807) is 0 Å². The van der Waals surface area contributed by atoms with Crippen molar-refractivity contribution in [3.8, 4) is 0 Å². The Bertz CT molecular complexity index is 1140. The number of piperazine rings is 1. The van der Waals surface area contributed by atoms with Gasteiger partial charge in [-0.05, 0) is 29.8 Å². The van der Waals surface area contributed by atoms with Crippen molar-refractivity contribution in [3.63, 3.8) is 0 Å². The Morgan fingerprint density at radius 1 is 1.00 bits per heavy atom. The molecule has 1 aliphatic rings. The molecule has 1 saturated heterocycles. The van der Waals surface area contributed by atoms with Crippen molar-refractivity contribution in [1.82, 2.24) is 9.21 Å². The van der Waals surface area contributed by atoms with Gasteiger partial charge in [-0.15, -0.1) is 0 Å². The number of para-hydroxylation sites is 1. The minimum absolute atomic E-state index is 0.0474. The van der Waals surface area contributed by atoms with E-state index in [0.29, 0.717) is 5.56 Å².